The van der Waals surface area contributed by atoms with Gasteiger partial charge >= 0.3 is 5.51 Å². The van der Waals surface area contributed by atoms with Gasteiger partial charge in [-0.2, -0.15) is 0 Å². The lowest BCUT2D eigenvalue weighted by atomic mass is 10.1. The molecule has 1 saturated carbocycles. The molecule has 1 unspecified atom stereocenters. The molecule has 102 valence electrons. The van der Waals surface area contributed by atoms with Gasteiger partial charge in [0.2, 0.25) is 0 Å². The van der Waals surface area contributed by atoms with Crippen molar-refractivity contribution in [3.63, 3.8) is 0 Å². The van der Waals surface area contributed by atoms with Crippen LogP contribution in [0.4, 0.5) is 13.2 Å². The van der Waals surface area contributed by atoms with E-state index in [4.69, 9.17) is 0 Å². The van der Waals surface area contributed by atoms with Crippen LogP contribution in [0.15, 0.2) is 24.3 Å². The van der Waals surface area contributed by atoms with E-state index in [-0.39, 0.29) is 5.92 Å². The smallest absolute Gasteiger partial charge is 0.118 e. The second-order valence-corrected chi connectivity index (χ2v) is 7.18. The van der Waals surface area contributed by atoms with E-state index in [0.717, 1.165) is 36.6 Å². The molecule has 1 atom stereocenters. The predicted molar refractivity (Wildman–Crippen MR) is 73.7 cm³/mol. The Labute approximate surface area is 113 Å². The van der Waals surface area contributed by atoms with E-state index in [2.05, 4.69) is 0 Å². The number of benzene rings is 1. The Bertz CT molecular complexity index is 606. The quantitative estimate of drug-likeness (QED) is 0.616. The SMILES string of the molecule is CCCc1ccc2cc(C3CC3)[s+](C(F)(F)F)c2c1. The summed E-state index contributed by atoms with van der Waals surface area (Å²) in [5.74, 6) is 0.173. The van der Waals surface area contributed by atoms with E-state index in [1.807, 2.05) is 19.1 Å². The summed E-state index contributed by atoms with van der Waals surface area (Å²) in [5, 5.41) is 0.780. The summed E-state index contributed by atoms with van der Waals surface area (Å²) in [6, 6.07) is 7.40. The Hall–Kier alpha value is -1.03. The largest absolute Gasteiger partial charge is 0.600 e. The van der Waals surface area contributed by atoms with Gasteiger partial charge in [-0.15, -0.1) is 13.2 Å². The van der Waals surface area contributed by atoms with Crippen LogP contribution in [-0.2, 0) is 11.9 Å². The van der Waals surface area contributed by atoms with Gasteiger partial charge in [0, 0.05) is 23.4 Å². The molecule has 0 aliphatic heterocycles. The Kier molecular flexibility index (Phi) is 3.08. The maximum Gasteiger partial charge on any atom is 0.600 e. The summed E-state index contributed by atoms with van der Waals surface area (Å²) < 4.78 is 40.6. The minimum absolute atomic E-state index is 0.173. The van der Waals surface area contributed by atoms with Crippen LogP contribution in [0.1, 0.15) is 42.5 Å². The van der Waals surface area contributed by atoms with Crippen LogP contribution in [0.5, 0.6) is 0 Å². The molecule has 19 heavy (non-hydrogen) atoms. The average Bonchev–Trinajstić information content (AvgIpc) is 3.09. The fourth-order valence-corrected chi connectivity index (χ4v) is 4.79. The third-order valence-corrected chi connectivity index (χ3v) is 5.76. The molecule has 0 radical (unpaired) electrons. The predicted octanol–water partition coefficient (Wildman–Crippen LogP) is 5.90. The first-order valence-corrected chi connectivity index (χ1v) is 7.89. The van der Waals surface area contributed by atoms with Gasteiger partial charge in [-0.25, -0.2) is 0 Å². The Balaban J connectivity index is 2.20. The van der Waals surface area contributed by atoms with E-state index < -0.39 is 16.0 Å². The Morgan fingerprint density at radius 2 is 1.95 bits per heavy atom. The van der Waals surface area contributed by atoms with Gasteiger partial charge in [0.1, 0.15) is 0 Å². The molecule has 4 heteroatoms. The third kappa shape index (κ3) is 2.38. The maximum atomic E-state index is 13.4. The topological polar surface area (TPSA) is 0 Å². The molecule has 1 aromatic carbocycles. The first-order chi connectivity index (χ1) is 9.00. The molecule has 1 aliphatic rings. The van der Waals surface area contributed by atoms with Crippen LogP contribution in [0.25, 0.3) is 10.1 Å². The Morgan fingerprint density at radius 3 is 2.53 bits per heavy atom. The van der Waals surface area contributed by atoms with E-state index in [1.54, 1.807) is 12.1 Å². The first-order valence-electron chi connectivity index (χ1n) is 6.66. The molecule has 0 saturated heterocycles. The van der Waals surface area contributed by atoms with Gasteiger partial charge in [0.05, 0.1) is 10.5 Å². The number of halogens is 3. The lowest BCUT2D eigenvalue weighted by Crippen LogP contribution is -1.97. The molecule has 0 bridgehead atoms. The van der Waals surface area contributed by atoms with Crippen molar-refractivity contribution in [1.29, 1.82) is 0 Å². The van der Waals surface area contributed by atoms with Crippen LogP contribution in [0, 0.1) is 0 Å². The van der Waals surface area contributed by atoms with Crippen LogP contribution in [-0.4, -0.2) is 0 Å². The van der Waals surface area contributed by atoms with Gasteiger partial charge in [0.25, 0.3) is 0 Å². The number of aryl methyl sites for hydroxylation is 1. The lowest BCUT2D eigenvalue weighted by molar-refractivity contribution is -0.0867. The molecule has 0 N–H and O–H groups in total. The minimum Gasteiger partial charge on any atom is -0.118 e. The molecule has 1 heterocycles. The summed E-state index contributed by atoms with van der Waals surface area (Å²) in [7, 11) is -1.68. The van der Waals surface area contributed by atoms with Gasteiger partial charge in [-0.1, -0.05) is 19.4 Å². The van der Waals surface area contributed by atoms with Gasteiger partial charge in [-0.05, 0) is 30.9 Å². The highest BCUT2D eigenvalue weighted by Gasteiger charge is 2.51. The van der Waals surface area contributed by atoms with Crippen molar-refractivity contribution in [2.75, 3.05) is 0 Å². The number of alkyl halides is 3. The molecule has 2 aromatic rings. The van der Waals surface area contributed by atoms with Crippen LogP contribution in [0.3, 0.4) is 0 Å². The fraction of sp³-hybridized carbons (Fsp3) is 0.467. The fourth-order valence-electron chi connectivity index (χ4n) is 2.57. The van der Waals surface area contributed by atoms with E-state index in [0.29, 0.717) is 9.58 Å². The van der Waals surface area contributed by atoms with Crippen molar-refractivity contribution in [1.82, 2.24) is 0 Å². The highest BCUT2D eigenvalue weighted by atomic mass is 32.2. The summed E-state index contributed by atoms with van der Waals surface area (Å²) in [5.41, 5.74) is -3.11. The molecule has 1 aromatic heterocycles. The second-order valence-electron chi connectivity index (χ2n) is 5.20. The highest BCUT2D eigenvalue weighted by molar-refractivity contribution is 7.38. The molecule has 0 spiro atoms. The van der Waals surface area contributed by atoms with Crippen molar-refractivity contribution in [2.24, 2.45) is 0 Å². The van der Waals surface area contributed by atoms with Crippen molar-refractivity contribution in [3.05, 3.63) is 34.7 Å². The zero-order valence-electron chi connectivity index (χ0n) is 10.8. The molecule has 0 nitrogen and oxygen atoms in total. The summed E-state index contributed by atoms with van der Waals surface area (Å²) in [6.45, 7) is 2.05. The number of hydrogen-bond acceptors (Lipinski definition) is 0. The van der Waals surface area contributed by atoms with Gasteiger partial charge in [-0.3, -0.25) is 0 Å². The first kappa shape index (κ1) is 13.0. The van der Waals surface area contributed by atoms with Gasteiger partial charge in [0.15, 0.2) is 9.58 Å². The number of hydrogen-bond donors (Lipinski definition) is 0. The average molecular weight is 285 g/mol. The second kappa shape index (κ2) is 4.51. The van der Waals surface area contributed by atoms with Crippen molar-refractivity contribution in [3.8, 4) is 0 Å². The van der Waals surface area contributed by atoms with Crippen LogP contribution >= 0.6 is 10.5 Å². The van der Waals surface area contributed by atoms with Crippen molar-refractivity contribution >= 4 is 20.6 Å². The lowest BCUT2D eigenvalue weighted by Gasteiger charge is -2.00. The molecule has 3 rings (SSSR count). The summed E-state index contributed by atoms with van der Waals surface area (Å²) in [6.07, 6.45) is 3.64. The summed E-state index contributed by atoms with van der Waals surface area (Å²) >= 11 is 0. The van der Waals surface area contributed by atoms with Crippen molar-refractivity contribution in [2.45, 2.75) is 44.0 Å². The maximum absolute atomic E-state index is 13.4. The Morgan fingerprint density at radius 1 is 1.21 bits per heavy atom. The molecule has 1 aliphatic carbocycles. The zero-order valence-corrected chi connectivity index (χ0v) is 11.6. The normalized spacial score (nSPS) is 17.2. The number of thiophene rings is 1. The molecule has 0 amide bonds. The number of fused-ring (bicyclic) bond motifs is 1. The minimum atomic E-state index is -4.13. The molecule has 1 fully saturated rings. The van der Waals surface area contributed by atoms with Crippen molar-refractivity contribution < 1.29 is 13.2 Å². The van der Waals surface area contributed by atoms with Gasteiger partial charge < -0.3 is 0 Å². The van der Waals surface area contributed by atoms with E-state index >= 15 is 0 Å². The van der Waals surface area contributed by atoms with E-state index in [1.165, 1.54) is 0 Å². The standard InChI is InChI=1S/C15H16F3S/c1-2-3-10-4-5-12-9-14(11-6-7-11)19(13(12)8-10)15(16,17)18/h4-5,8-9,11H,2-3,6-7H2,1H3/q+1. The zero-order chi connectivity index (χ0) is 13.6. The number of rotatable bonds is 3. The highest BCUT2D eigenvalue weighted by Crippen LogP contribution is 2.57. The molecular formula is C15H16F3S+. The van der Waals surface area contributed by atoms with E-state index in [9.17, 15) is 13.2 Å². The van der Waals surface area contributed by atoms with Crippen LogP contribution in [0.2, 0.25) is 0 Å². The summed E-state index contributed by atoms with van der Waals surface area (Å²) in [4.78, 5) is 0.621. The monoisotopic (exact) mass is 285 g/mol. The third-order valence-electron chi connectivity index (χ3n) is 3.58. The van der Waals surface area contributed by atoms with Crippen LogP contribution < -0.4 is 0 Å². The molecular weight excluding hydrogens is 269 g/mol.